The van der Waals surface area contributed by atoms with Gasteiger partial charge in [0.25, 0.3) is 0 Å². The molecule has 2 aromatic carbocycles. The zero-order valence-electron chi connectivity index (χ0n) is 12.2. The summed E-state index contributed by atoms with van der Waals surface area (Å²) in [5.74, 6) is 1.08. The van der Waals surface area contributed by atoms with Crippen LogP contribution in [0.1, 0.15) is 17.5 Å². The molecule has 0 amide bonds. The summed E-state index contributed by atoms with van der Waals surface area (Å²) < 4.78 is 6.05. The van der Waals surface area contributed by atoms with Crippen LogP contribution in [-0.4, -0.2) is 12.6 Å². The number of rotatable bonds is 5. The number of ether oxygens (including phenoxy) is 1. The number of hydrogen-bond acceptors (Lipinski definition) is 2. The van der Waals surface area contributed by atoms with Crippen molar-refractivity contribution in [1.29, 1.82) is 0 Å². The third-order valence-corrected chi connectivity index (χ3v) is 3.76. The molecule has 0 saturated heterocycles. The van der Waals surface area contributed by atoms with Crippen LogP contribution in [0, 0.1) is 0 Å². The molecule has 0 fully saturated rings. The molecule has 0 saturated carbocycles. The van der Waals surface area contributed by atoms with Gasteiger partial charge in [0.1, 0.15) is 12.4 Å². The van der Waals surface area contributed by atoms with E-state index in [-0.39, 0.29) is 6.04 Å². The maximum atomic E-state index is 6.05. The summed E-state index contributed by atoms with van der Waals surface area (Å²) in [5, 5.41) is 3.56. The molecular formula is C19H21NO. The van der Waals surface area contributed by atoms with E-state index >= 15 is 0 Å². The molecule has 0 radical (unpaired) electrons. The van der Waals surface area contributed by atoms with Crippen LogP contribution in [0.15, 0.2) is 72.5 Å². The maximum absolute atomic E-state index is 6.05. The van der Waals surface area contributed by atoms with Crippen LogP contribution in [0.25, 0.3) is 0 Å². The van der Waals surface area contributed by atoms with Crippen molar-refractivity contribution < 1.29 is 4.74 Å². The van der Waals surface area contributed by atoms with E-state index in [4.69, 9.17) is 4.74 Å². The highest BCUT2D eigenvalue weighted by Gasteiger charge is 2.19. The van der Waals surface area contributed by atoms with Crippen molar-refractivity contribution in [3.63, 3.8) is 0 Å². The molecular weight excluding hydrogens is 258 g/mol. The van der Waals surface area contributed by atoms with E-state index in [2.05, 4.69) is 53.9 Å². The lowest BCUT2D eigenvalue weighted by Gasteiger charge is -2.26. The molecule has 1 atom stereocenters. The molecule has 1 N–H and O–H groups in total. The van der Waals surface area contributed by atoms with Gasteiger partial charge in [-0.3, -0.25) is 0 Å². The van der Waals surface area contributed by atoms with E-state index in [0.29, 0.717) is 6.61 Å². The first-order chi connectivity index (χ1) is 10.4. The summed E-state index contributed by atoms with van der Waals surface area (Å²) in [4.78, 5) is 0. The summed E-state index contributed by atoms with van der Waals surface area (Å²) in [7, 11) is 0. The van der Waals surface area contributed by atoms with Crippen molar-refractivity contribution in [3.05, 3.63) is 83.6 Å². The predicted octanol–water partition coefficient (Wildman–Crippen LogP) is 3.69. The molecule has 0 bridgehead atoms. The van der Waals surface area contributed by atoms with Gasteiger partial charge in [-0.2, -0.15) is 0 Å². The number of nitrogens with one attached hydrogen (secondary N) is 1. The smallest absolute Gasteiger partial charge is 0.113 e. The van der Waals surface area contributed by atoms with Crippen LogP contribution in [0.5, 0.6) is 0 Å². The SMILES string of the molecule is C1=C(OCc2ccccc2)C(Cc2ccccc2)NCC1. The highest BCUT2D eigenvalue weighted by atomic mass is 16.5. The average molecular weight is 279 g/mol. The zero-order valence-corrected chi connectivity index (χ0v) is 12.2. The van der Waals surface area contributed by atoms with E-state index in [1.807, 2.05) is 18.2 Å². The molecule has 1 heterocycles. The van der Waals surface area contributed by atoms with E-state index < -0.39 is 0 Å². The fourth-order valence-electron chi connectivity index (χ4n) is 2.64. The second-order valence-electron chi connectivity index (χ2n) is 5.37. The highest BCUT2D eigenvalue weighted by Crippen LogP contribution is 2.17. The largest absolute Gasteiger partial charge is 0.492 e. The molecule has 0 spiro atoms. The van der Waals surface area contributed by atoms with Gasteiger partial charge in [-0.25, -0.2) is 0 Å². The Bertz CT molecular complexity index is 577. The molecule has 1 aliphatic rings. The van der Waals surface area contributed by atoms with Crippen molar-refractivity contribution in [2.45, 2.75) is 25.5 Å². The second kappa shape index (κ2) is 7.09. The Morgan fingerprint density at radius 1 is 0.905 bits per heavy atom. The quantitative estimate of drug-likeness (QED) is 0.901. The molecule has 0 aromatic heterocycles. The van der Waals surface area contributed by atoms with Crippen LogP contribution in [0.2, 0.25) is 0 Å². The van der Waals surface area contributed by atoms with Gasteiger partial charge >= 0.3 is 0 Å². The molecule has 2 nitrogen and oxygen atoms in total. The lowest BCUT2D eigenvalue weighted by molar-refractivity contribution is 0.166. The van der Waals surface area contributed by atoms with E-state index in [9.17, 15) is 0 Å². The summed E-state index contributed by atoms with van der Waals surface area (Å²) >= 11 is 0. The normalized spacial score (nSPS) is 18.1. The van der Waals surface area contributed by atoms with Crippen molar-refractivity contribution in [2.75, 3.05) is 6.54 Å². The standard InChI is InChI=1S/C19H21NO/c1-3-8-16(9-4-1)14-18-19(12-7-13-20-18)21-15-17-10-5-2-6-11-17/h1-6,8-12,18,20H,7,13-15H2. The Morgan fingerprint density at radius 3 is 2.29 bits per heavy atom. The van der Waals surface area contributed by atoms with Crippen molar-refractivity contribution in [3.8, 4) is 0 Å². The maximum Gasteiger partial charge on any atom is 0.113 e. The molecule has 2 heteroatoms. The Kier molecular flexibility index (Phi) is 4.70. The first-order valence-electron chi connectivity index (χ1n) is 7.56. The number of hydrogen-bond donors (Lipinski definition) is 1. The van der Waals surface area contributed by atoms with Crippen molar-refractivity contribution >= 4 is 0 Å². The topological polar surface area (TPSA) is 21.3 Å². The fraction of sp³-hybridized carbons (Fsp3) is 0.263. The summed E-state index contributed by atoms with van der Waals surface area (Å²) in [6.07, 6.45) is 4.24. The van der Waals surface area contributed by atoms with E-state index in [0.717, 1.165) is 25.1 Å². The van der Waals surface area contributed by atoms with Gasteiger partial charge < -0.3 is 10.1 Å². The Hall–Kier alpha value is -2.06. The first-order valence-corrected chi connectivity index (χ1v) is 7.56. The van der Waals surface area contributed by atoms with Gasteiger partial charge in [0.05, 0.1) is 6.04 Å². The minimum atomic E-state index is 0.282. The van der Waals surface area contributed by atoms with Gasteiger partial charge in [-0.15, -0.1) is 0 Å². The molecule has 0 aliphatic carbocycles. The highest BCUT2D eigenvalue weighted by molar-refractivity contribution is 5.21. The van der Waals surface area contributed by atoms with Crippen molar-refractivity contribution in [1.82, 2.24) is 5.32 Å². The summed E-state index contributed by atoms with van der Waals surface area (Å²) in [6.45, 7) is 1.66. The van der Waals surface area contributed by atoms with Gasteiger partial charge in [-0.05, 0) is 36.6 Å². The van der Waals surface area contributed by atoms with Gasteiger partial charge in [0, 0.05) is 0 Å². The van der Waals surface area contributed by atoms with Crippen LogP contribution in [-0.2, 0) is 17.8 Å². The summed E-state index contributed by atoms with van der Waals surface area (Å²) in [6, 6.07) is 21.2. The van der Waals surface area contributed by atoms with E-state index in [1.165, 1.54) is 11.1 Å². The molecule has 1 aliphatic heterocycles. The molecule has 21 heavy (non-hydrogen) atoms. The Balaban J connectivity index is 1.63. The zero-order chi connectivity index (χ0) is 14.3. The Morgan fingerprint density at radius 2 is 1.57 bits per heavy atom. The third-order valence-electron chi connectivity index (χ3n) is 3.76. The molecule has 108 valence electrons. The fourth-order valence-corrected chi connectivity index (χ4v) is 2.64. The van der Waals surface area contributed by atoms with Crippen LogP contribution < -0.4 is 5.32 Å². The van der Waals surface area contributed by atoms with Crippen LogP contribution in [0.4, 0.5) is 0 Å². The van der Waals surface area contributed by atoms with Gasteiger partial charge in [0.15, 0.2) is 0 Å². The lowest BCUT2D eigenvalue weighted by atomic mass is 10.0. The van der Waals surface area contributed by atoms with Gasteiger partial charge in [-0.1, -0.05) is 60.7 Å². The second-order valence-corrected chi connectivity index (χ2v) is 5.37. The van der Waals surface area contributed by atoms with Gasteiger partial charge in [0.2, 0.25) is 0 Å². The Labute approximate surface area is 126 Å². The third kappa shape index (κ3) is 3.96. The monoisotopic (exact) mass is 279 g/mol. The van der Waals surface area contributed by atoms with Crippen LogP contribution in [0.3, 0.4) is 0 Å². The lowest BCUT2D eigenvalue weighted by Crippen LogP contribution is -2.37. The molecule has 2 aromatic rings. The van der Waals surface area contributed by atoms with E-state index in [1.54, 1.807) is 0 Å². The first kappa shape index (κ1) is 13.9. The average Bonchev–Trinajstić information content (AvgIpc) is 2.56. The molecule has 3 rings (SSSR count). The van der Waals surface area contributed by atoms with Crippen LogP contribution >= 0.6 is 0 Å². The molecule has 1 unspecified atom stereocenters. The summed E-state index contributed by atoms with van der Waals surface area (Å²) in [5.41, 5.74) is 2.55. The predicted molar refractivity (Wildman–Crippen MR) is 85.9 cm³/mol. The minimum absolute atomic E-state index is 0.282. The van der Waals surface area contributed by atoms with Crippen molar-refractivity contribution in [2.24, 2.45) is 0 Å². The minimum Gasteiger partial charge on any atom is -0.492 e. The number of benzene rings is 2.